The predicted molar refractivity (Wildman–Crippen MR) is 70.3 cm³/mol. The first-order valence-corrected chi connectivity index (χ1v) is 6.58. The smallest absolute Gasteiger partial charge is 0.163 e. The second kappa shape index (κ2) is 4.39. The molecule has 0 N–H and O–H groups in total. The van der Waals surface area contributed by atoms with Crippen LogP contribution in [0, 0.1) is 5.92 Å². The van der Waals surface area contributed by atoms with Crippen molar-refractivity contribution < 1.29 is 9.53 Å². The van der Waals surface area contributed by atoms with Crippen molar-refractivity contribution in [2.75, 3.05) is 27.2 Å². The molecule has 1 heterocycles. The molecule has 3 heteroatoms. The zero-order valence-corrected chi connectivity index (χ0v) is 11.0. The molecule has 3 rings (SSSR count). The molecule has 0 spiro atoms. The van der Waals surface area contributed by atoms with Gasteiger partial charge in [-0.3, -0.25) is 4.79 Å². The fourth-order valence-corrected chi connectivity index (χ4v) is 3.34. The fraction of sp³-hybridized carbons (Fsp3) is 0.533. The molecular formula is C15H19NO2. The minimum absolute atomic E-state index is 0.287. The summed E-state index contributed by atoms with van der Waals surface area (Å²) in [6.45, 7) is 2.18. The Morgan fingerprint density at radius 2 is 2.22 bits per heavy atom. The van der Waals surface area contributed by atoms with Gasteiger partial charge in [-0.25, -0.2) is 0 Å². The van der Waals surface area contributed by atoms with E-state index in [4.69, 9.17) is 4.74 Å². The highest BCUT2D eigenvalue weighted by Gasteiger charge is 2.37. The normalized spacial score (nSPS) is 27.6. The van der Waals surface area contributed by atoms with E-state index in [0.29, 0.717) is 18.3 Å². The van der Waals surface area contributed by atoms with Gasteiger partial charge in [-0.05, 0) is 43.6 Å². The van der Waals surface area contributed by atoms with Crippen LogP contribution in [-0.4, -0.2) is 37.9 Å². The number of fused-ring (bicyclic) bond motifs is 3. The van der Waals surface area contributed by atoms with Gasteiger partial charge in [-0.15, -0.1) is 0 Å². The third kappa shape index (κ3) is 1.83. The maximum Gasteiger partial charge on any atom is 0.163 e. The van der Waals surface area contributed by atoms with Crippen molar-refractivity contribution in [3.05, 3.63) is 29.3 Å². The third-order valence-electron chi connectivity index (χ3n) is 4.37. The van der Waals surface area contributed by atoms with Gasteiger partial charge >= 0.3 is 0 Å². The van der Waals surface area contributed by atoms with Crippen LogP contribution in [0.25, 0.3) is 0 Å². The van der Waals surface area contributed by atoms with E-state index in [1.807, 2.05) is 12.1 Å². The van der Waals surface area contributed by atoms with Crippen LogP contribution in [0.5, 0.6) is 5.75 Å². The standard InChI is InChI=1S/C15H19NO2/c1-16-6-5-10-7-15(17)13-8-11(18-2)3-4-12(13)14(10)9-16/h3-4,8,10,14H,5-7,9H2,1-2H3. The fourth-order valence-electron chi connectivity index (χ4n) is 3.34. The Morgan fingerprint density at radius 1 is 1.39 bits per heavy atom. The number of ketones is 1. The number of benzene rings is 1. The number of carbonyl (C=O) groups excluding carboxylic acids is 1. The van der Waals surface area contributed by atoms with Gasteiger partial charge in [0.05, 0.1) is 7.11 Å². The van der Waals surface area contributed by atoms with Gasteiger partial charge < -0.3 is 9.64 Å². The molecule has 1 saturated heterocycles. The Bertz CT molecular complexity index is 483. The second-order valence-electron chi connectivity index (χ2n) is 5.50. The molecule has 3 nitrogen and oxygen atoms in total. The highest BCUT2D eigenvalue weighted by atomic mass is 16.5. The van der Waals surface area contributed by atoms with Crippen molar-refractivity contribution >= 4 is 5.78 Å². The number of hydrogen-bond acceptors (Lipinski definition) is 3. The molecule has 1 aromatic rings. The quantitative estimate of drug-likeness (QED) is 0.760. The lowest BCUT2D eigenvalue weighted by molar-refractivity contribution is 0.0886. The molecule has 0 bridgehead atoms. The van der Waals surface area contributed by atoms with Crippen LogP contribution >= 0.6 is 0 Å². The van der Waals surface area contributed by atoms with Gasteiger partial charge in [0.25, 0.3) is 0 Å². The molecule has 96 valence electrons. The molecule has 18 heavy (non-hydrogen) atoms. The van der Waals surface area contributed by atoms with Crippen molar-refractivity contribution in [1.82, 2.24) is 4.90 Å². The summed E-state index contributed by atoms with van der Waals surface area (Å²) in [7, 11) is 3.81. The molecular weight excluding hydrogens is 226 g/mol. The first kappa shape index (κ1) is 11.7. The molecule has 1 aliphatic carbocycles. The molecule has 0 saturated carbocycles. The number of carbonyl (C=O) groups is 1. The highest BCUT2D eigenvalue weighted by Crippen LogP contribution is 2.41. The van der Waals surface area contributed by atoms with Crippen LogP contribution in [0.15, 0.2) is 18.2 Å². The van der Waals surface area contributed by atoms with E-state index in [2.05, 4.69) is 18.0 Å². The Kier molecular flexibility index (Phi) is 2.86. The third-order valence-corrected chi connectivity index (χ3v) is 4.37. The van der Waals surface area contributed by atoms with Crippen LogP contribution in [-0.2, 0) is 0 Å². The Morgan fingerprint density at radius 3 is 3.00 bits per heavy atom. The number of hydrogen-bond donors (Lipinski definition) is 0. The minimum Gasteiger partial charge on any atom is -0.497 e. The van der Waals surface area contributed by atoms with Crippen LogP contribution in [0.3, 0.4) is 0 Å². The van der Waals surface area contributed by atoms with E-state index >= 15 is 0 Å². The molecule has 1 aromatic carbocycles. The molecule has 2 aliphatic rings. The molecule has 2 unspecified atom stereocenters. The summed E-state index contributed by atoms with van der Waals surface area (Å²) in [6, 6.07) is 5.97. The van der Waals surface area contributed by atoms with Crippen LogP contribution < -0.4 is 4.74 Å². The average Bonchev–Trinajstić information content (AvgIpc) is 2.39. The number of likely N-dealkylation sites (tertiary alicyclic amines) is 1. The van der Waals surface area contributed by atoms with Gasteiger partial charge in [0, 0.05) is 24.4 Å². The Balaban J connectivity index is 2.02. The van der Waals surface area contributed by atoms with E-state index in [1.54, 1.807) is 7.11 Å². The largest absolute Gasteiger partial charge is 0.497 e. The summed E-state index contributed by atoms with van der Waals surface area (Å²) in [4.78, 5) is 14.6. The summed E-state index contributed by atoms with van der Waals surface area (Å²) in [5.41, 5.74) is 2.11. The van der Waals surface area contributed by atoms with Crippen LogP contribution in [0.1, 0.15) is 34.7 Å². The van der Waals surface area contributed by atoms with Gasteiger partial charge in [0.15, 0.2) is 5.78 Å². The summed E-state index contributed by atoms with van der Waals surface area (Å²) in [5, 5.41) is 0. The van der Waals surface area contributed by atoms with Gasteiger partial charge in [0.2, 0.25) is 0 Å². The predicted octanol–water partition coefficient (Wildman–Crippen LogP) is 2.32. The molecule has 1 fully saturated rings. The molecule has 1 aliphatic heterocycles. The topological polar surface area (TPSA) is 29.5 Å². The summed E-state index contributed by atoms with van der Waals surface area (Å²) in [5.74, 6) is 2.12. The number of methoxy groups -OCH3 is 1. The molecule has 0 amide bonds. The molecule has 2 atom stereocenters. The number of ether oxygens (including phenoxy) is 1. The lowest BCUT2D eigenvalue weighted by atomic mass is 9.71. The highest BCUT2D eigenvalue weighted by molar-refractivity contribution is 5.99. The second-order valence-corrected chi connectivity index (χ2v) is 5.50. The molecule has 0 aromatic heterocycles. The van der Waals surface area contributed by atoms with Crippen LogP contribution in [0.2, 0.25) is 0 Å². The maximum atomic E-state index is 12.2. The van der Waals surface area contributed by atoms with E-state index < -0.39 is 0 Å². The Labute approximate surface area is 108 Å². The van der Waals surface area contributed by atoms with Crippen molar-refractivity contribution in [2.45, 2.75) is 18.8 Å². The first-order chi connectivity index (χ1) is 8.69. The average molecular weight is 245 g/mol. The zero-order chi connectivity index (χ0) is 12.7. The van der Waals surface area contributed by atoms with E-state index in [1.165, 1.54) is 5.56 Å². The minimum atomic E-state index is 0.287. The van der Waals surface area contributed by atoms with E-state index in [-0.39, 0.29) is 5.78 Å². The number of piperidine rings is 1. The van der Waals surface area contributed by atoms with Crippen LogP contribution in [0.4, 0.5) is 0 Å². The summed E-state index contributed by atoms with van der Waals surface area (Å²) >= 11 is 0. The van der Waals surface area contributed by atoms with Gasteiger partial charge in [-0.1, -0.05) is 6.07 Å². The zero-order valence-electron chi connectivity index (χ0n) is 11.0. The Hall–Kier alpha value is -1.35. The van der Waals surface area contributed by atoms with Crippen molar-refractivity contribution in [3.8, 4) is 5.75 Å². The number of nitrogens with zero attached hydrogens (tertiary/aromatic N) is 1. The van der Waals surface area contributed by atoms with Crippen molar-refractivity contribution in [1.29, 1.82) is 0 Å². The van der Waals surface area contributed by atoms with Gasteiger partial charge in [-0.2, -0.15) is 0 Å². The number of likely N-dealkylation sites (N-methyl/N-ethyl adjacent to an activating group) is 1. The summed E-state index contributed by atoms with van der Waals surface area (Å²) < 4.78 is 5.22. The lowest BCUT2D eigenvalue weighted by Gasteiger charge is -2.40. The molecule has 0 radical (unpaired) electrons. The lowest BCUT2D eigenvalue weighted by Crippen LogP contribution is -2.40. The number of Topliss-reactive ketones (excluding diaryl/α,β-unsaturated/α-hetero) is 1. The SMILES string of the molecule is COc1ccc2c(c1)C(=O)CC1CCN(C)CC21. The van der Waals surface area contributed by atoms with E-state index in [0.717, 1.165) is 30.8 Å². The monoisotopic (exact) mass is 245 g/mol. The summed E-state index contributed by atoms with van der Waals surface area (Å²) in [6.07, 6.45) is 1.84. The van der Waals surface area contributed by atoms with Crippen molar-refractivity contribution in [2.24, 2.45) is 5.92 Å². The van der Waals surface area contributed by atoms with Crippen molar-refractivity contribution in [3.63, 3.8) is 0 Å². The van der Waals surface area contributed by atoms with E-state index in [9.17, 15) is 4.79 Å². The maximum absolute atomic E-state index is 12.2. The number of rotatable bonds is 1. The first-order valence-electron chi connectivity index (χ1n) is 6.58. The van der Waals surface area contributed by atoms with Gasteiger partial charge in [0.1, 0.15) is 5.75 Å².